The molecule has 0 aromatic heterocycles. The zero-order chi connectivity index (χ0) is 21.7. The molecule has 0 radical (unpaired) electrons. The first-order valence-electron chi connectivity index (χ1n) is 8.98. The number of likely N-dealkylation sites (N-methyl/N-ethyl adjacent to an activating group) is 1. The predicted molar refractivity (Wildman–Crippen MR) is 120 cm³/mol. The molecule has 156 valence electrons. The van der Waals surface area contributed by atoms with Crippen LogP contribution in [0.4, 0.5) is 0 Å². The Bertz CT molecular complexity index is 898. The van der Waals surface area contributed by atoms with Gasteiger partial charge in [-0.2, -0.15) is 0 Å². The summed E-state index contributed by atoms with van der Waals surface area (Å²) in [4.78, 5) is 26.6. The predicted octanol–water partition coefficient (Wildman–Crippen LogP) is 4.91. The molecule has 5 nitrogen and oxygen atoms in total. The molecule has 0 aliphatic heterocycles. The Morgan fingerprint density at radius 2 is 1.79 bits per heavy atom. The van der Waals surface area contributed by atoms with Gasteiger partial charge in [-0.3, -0.25) is 9.59 Å². The second-order valence-corrected chi connectivity index (χ2v) is 8.34. The molecule has 0 saturated heterocycles. The van der Waals surface area contributed by atoms with Crippen molar-refractivity contribution in [2.75, 3.05) is 13.7 Å². The van der Waals surface area contributed by atoms with Crippen molar-refractivity contribution < 1.29 is 14.3 Å². The van der Waals surface area contributed by atoms with Gasteiger partial charge in [0.25, 0.3) is 5.91 Å². The quantitative estimate of drug-likeness (QED) is 0.586. The SMILES string of the molecule is CNC(=O)[C@@H](C)N(Cc1ccc(Cl)cc1Cl)C(=O)COc1cc(C)c(Br)c(C)c1. The summed E-state index contributed by atoms with van der Waals surface area (Å²) in [6.07, 6.45) is 0. The monoisotopic (exact) mass is 500 g/mol. The van der Waals surface area contributed by atoms with E-state index in [1.807, 2.05) is 26.0 Å². The van der Waals surface area contributed by atoms with E-state index in [4.69, 9.17) is 27.9 Å². The first kappa shape index (κ1) is 23.5. The summed E-state index contributed by atoms with van der Waals surface area (Å²) in [6, 6.07) is 8.05. The summed E-state index contributed by atoms with van der Waals surface area (Å²) in [5.74, 6) is -0.0160. The number of hydrogen-bond donors (Lipinski definition) is 1. The molecule has 1 N–H and O–H groups in total. The smallest absolute Gasteiger partial charge is 0.261 e. The Morgan fingerprint density at radius 1 is 1.17 bits per heavy atom. The van der Waals surface area contributed by atoms with E-state index in [-0.39, 0.29) is 25.0 Å². The van der Waals surface area contributed by atoms with Gasteiger partial charge in [0.1, 0.15) is 11.8 Å². The number of carbonyl (C=O) groups is 2. The molecule has 0 unspecified atom stereocenters. The average molecular weight is 502 g/mol. The van der Waals surface area contributed by atoms with E-state index in [0.29, 0.717) is 21.4 Å². The highest BCUT2D eigenvalue weighted by Crippen LogP contribution is 2.27. The van der Waals surface area contributed by atoms with Crippen molar-refractivity contribution in [3.8, 4) is 5.75 Å². The van der Waals surface area contributed by atoms with E-state index in [1.165, 1.54) is 11.9 Å². The van der Waals surface area contributed by atoms with Crippen LogP contribution in [0, 0.1) is 13.8 Å². The first-order chi connectivity index (χ1) is 13.6. The van der Waals surface area contributed by atoms with Crippen molar-refractivity contribution in [1.82, 2.24) is 10.2 Å². The molecule has 0 spiro atoms. The van der Waals surface area contributed by atoms with Crippen molar-refractivity contribution in [3.05, 3.63) is 61.5 Å². The zero-order valence-corrected chi connectivity index (χ0v) is 19.8. The van der Waals surface area contributed by atoms with Gasteiger partial charge >= 0.3 is 0 Å². The number of halogens is 3. The summed E-state index contributed by atoms with van der Waals surface area (Å²) >= 11 is 15.7. The maximum Gasteiger partial charge on any atom is 0.261 e. The molecule has 2 aromatic rings. The Kier molecular flexibility index (Phi) is 8.37. The van der Waals surface area contributed by atoms with Crippen molar-refractivity contribution >= 4 is 50.9 Å². The molecule has 8 heteroatoms. The number of amides is 2. The number of nitrogens with one attached hydrogen (secondary N) is 1. The maximum atomic E-state index is 12.9. The number of benzene rings is 2. The number of nitrogens with zero attached hydrogens (tertiary/aromatic N) is 1. The van der Waals surface area contributed by atoms with E-state index in [1.54, 1.807) is 25.1 Å². The first-order valence-corrected chi connectivity index (χ1v) is 10.5. The van der Waals surface area contributed by atoms with Crippen LogP contribution in [-0.4, -0.2) is 36.4 Å². The molecule has 2 aromatic carbocycles. The van der Waals surface area contributed by atoms with Gasteiger partial charge in [0.05, 0.1) is 0 Å². The van der Waals surface area contributed by atoms with Crippen molar-refractivity contribution in [3.63, 3.8) is 0 Å². The minimum absolute atomic E-state index is 0.158. The van der Waals surface area contributed by atoms with Crippen molar-refractivity contribution in [1.29, 1.82) is 0 Å². The summed E-state index contributed by atoms with van der Waals surface area (Å²) in [6.45, 7) is 5.52. The Balaban J connectivity index is 2.21. The molecule has 0 aliphatic rings. The van der Waals surface area contributed by atoms with Gasteiger partial charge in [0, 0.05) is 28.1 Å². The summed E-state index contributed by atoms with van der Waals surface area (Å²) in [5, 5.41) is 3.50. The van der Waals surface area contributed by atoms with Gasteiger partial charge in [-0.15, -0.1) is 0 Å². The van der Waals surface area contributed by atoms with Crippen LogP contribution >= 0.6 is 39.1 Å². The average Bonchev–Trinajstić information content (AvgIpc) is 2.68. The third kappa shape index (κ3) is 6.11. The van der Waals surface area contributed by atoms with Gasteiger partial charge in [0.2, 0.25) is 5.91 Å². The fourth-order valence-corrected chi connectivity index (χ4v) is 3.54. The lowest BCUT2D eigenvalue weighted by Crippen LogP contribution is -2.48. The third-order valence-electron chi connectivity index (χ3n) is 4.54. The standard InChI is InChI=1S/C21H23BrCl2N2O3/c1-12-7-17(8-13(2)20(12)22)29-11-19(27)26(14(3)21(28)25-4)10-15-5-6-16(23)9-18(15)24/h5-9,14H,10-11H2,1-4H3,(H,25,28)/t14-/m1/s1. The number of carbonyl (C=O) groups excluding carboxylic acids is 2. The molecule has 0 aliphatic carbocycles. The van der Waals surface area contributed by atoms with Crippen LogP contribution in [0.25, 0.3) is 0 Å². The minimum Gasteiger partial charge on any atom is -0.484 e. The van der Waals surface area contributed by atoms with Gasteiger partial charge < -0.3 is 15.0 Å². The summed E-state index contributed by atoms with van der Waals surface area (Å²) < 4.78 is 6.72. The summed E-state index contributed by atoms with van der Waals surface area (Å²) in [5.41, 5.74) is 2.71. The van der Waals surface area contributed by atoms with E-state index in [0.717, 1.165) is 15.6 Å². The maximum absolute atomic E-state index is 12.9. The molecule has 1 atom stereocenters. The van der Waals surface area contributed by atoms with E-state index in [9.17, 15) is 9.59 Å². The van der Waals surface area contributed by atoms with Crippen molar-refractivity contribution in [2.45, 2.75) is 33.4 Å². The number of hydrogen-bond acceptors (Lipinski definition) is 3. The lowest BCUT2D eigenvalue weighted by atomic mass is 10.1. The molecule has 0 heterocycles. The molecule has 0 bridgehead atoms. The molecule has 2 amide bonds. The molecular weight excluding hydrogens is 479 g/mol. The highest BCUT2D eigenvalue weighted by molar-refractivity contribution is 9.10. The number of aryl methyl sites for hydroxylation is 2. The topological polar surface area (TPSA) is 58.6 Å². The summed E-state index contributed by atoms with van der Waals surface area (Å²) in [7, 11) is 1.53. The van der Waals surface area contributed by atoms with Crippen LogP contribution in [0.1, 0.15) is 23.6 Å². The lowest BCUT2D eigenvalue weighted by Gasteiger charge is -2.28. The molecule has 0 saturated carbocycles. The van der Waals surface area contributed by atoms with E-state index < -0.39 is 6.04 Å². The van der Waals surface area contributed by atoms with Crippen LogP contribution in [0.15, 0.2) is 34.8 Å². The zero-order valence-electron chi connectivity index (χ0n) is 16.7. The minimum atomic E-state index is -0.698. The fourth-order valence-electron chi connectivity index (χ4n) is 2.84. The van der Waals surface area contributed by atoms with Crippen LogP contribution in [0.5, 0.6) is 5.75 Å². The lowest BCUT2D eigenvalue weighted by molar-refractivity contribution is -0.142. The van der Waals surface area contributed by atoms with E-state index in [2.05, 4.69) is 21.2 Å². The van der Waals surface area contributed by atoms with E-state index >= 15 is 0 Å². The Morgan fingerprint density at radius 3 is 2.34 bits per heavy atom. The molecular formula is C21H23BrCl2N2O3. The fraction of sp³-hybridized carbons (Fsp3) is 0.333. The van der Waals surface area contributed by atoms with Crippen LogP contribution in [-0.2, 0) is 16.1 Å². The van der Waals surface area contributed by atoms with Gasteiger partial charge in [0.15, 0.2) is 6.61 Å². The van der Waals surface area contributed by atoms with Crippen molar-refractivity contribution in [2.24, 2.45) is 0 Å². The van der Waals surface area contributed by atoms with Crippen LogP contribution in [0.3, 0.4) is 0 Å². The number of rotatable bonds is 7. The Labute approximate surface area is 189 Å². The molecule has 0 fully saturated rings. The van der Waals surface area contributed by atoms with Crippen LogP contribution < -0.4 is 10.1 Å². The van der Waals surface area contributed by atoms with Gasteiger partial charge in [-0.1, -0.05) is 45.2 Å². The number of ether oxygens (including phenoxy) is 1. The third-order valence-corrected chi connectivity index (χ3v) is 6.38. The van der Waals surface area contributed by atoms with Gasteiger partial charge in [-0.05, 0) is 61.7 Å². The molecule has 29 heavy (non-hydrogen) atoms. The van der Waals surface area contributed by atoms with Gasteiger partial charge in [-0.25, -0.2) is 0 Å². The molecule has 2 rings (SSSR count). The second-order valence-electron chi connectivity index (χ2n) is 6.71. The second kappa shape index (κ2) is 10.3. The van der Waals surface area contributed by atoms with Crippen LogP contribution in [0.2, 0.25) is 10.0 Å². The highest BCUT2D eigenvalue weighted by Gasteiger charge is 2.26. The largest absolute Gasteiger partial charge is 0.484 e. The normalized spacial score (nSPS) is 11.7. The Hall–Kier alpha value is -1.76. The highest BCUT2D eigenvalue weighted by atomic mass is 79.9.